The molecule has 0 bridgehead atoms. The van der Waals surface area contributed by atoms with Gasteiger partial charge in [0.05, 0.1) is 19.1 Å². The molecule has 30 heavy (non-hydrogen) atoms. The first kappa shape index (κ1) is 21.1. The van der Waals surface area contributed by atoms with E-state index in [9.17, 15) is 9.90 Å². The number of nitrogens with one attached hydrogen (secondary N) is 1. The topological polar surface area (TPSA) is 67.8 Å². The summed E-state index contributed by atoms with van der Waals surface area (Å²) in [4.78, 5) is 15.2. The first-order valence-electron chi connectivity index (χ1n) is 9.92. The fourth-order valence-electron chi connectivity index (χ4n) is 3.84. The van der Waals surface area contributed by atoms with Gasteiger partial charge in [0.2, 0.25) is 5.91 Å². The third kappa shape index (κ3) is 4.30. The van der Waals surface area contributed by atoms with Gasteiger partial charge in [-0.15, -0.1) is 11.3 Å². The van der Waals surface area contributed by atoms with E-state index in [1.165, 1.54) is 11.3 Å². The van der Waals surface area contributed by atoms with Crippen LogP contribution < -0.4 is 10.1 Å². The molecule has 3 aromatic rings. The number of carbonyl (C=O) groups is 1. The Hall–Kier alpha value is -2.19. The highest BCUT2D eigenvalue weighted by Crippen LogP contribution is 2.36. The van der Waals surface area contributed by atoms with Gasteiger partial charge in [0, 0.05) is 23.0 Å². The van der Waals surface area contributed by atoms with Gasteiger partial charge in [-0.05, 0) is 65.1 Å². The van der Waals surface area contributed by atoms with Gasteiger partial charge in [-0.25, -0.2) is 0 Å². The van der Waals surface area contributed by atoms with E-state index in [-0.39, 0.29) is 5.91 Å². The third-order valence-electron chi connectivity index (χ3n) is 5.66. The van der Waals surface area contributed by atoms with Gasteiger partial charge < -0.3 is 19.9 Å². The van der Waals surface area contributed by atoms with Crippen LogP contribution >= 0.6 is 22.7 Å². The first-order chi connectivity index (χ1) is 14.6. The number of amides is 1. The van der Waals surface area contributed by atoms with E-state index < -0.39 is 11.5 Å². The van der Waals surface area contributed by atoms with Gasteiger partial charge in [0.1, 0.15) is 11.9 Å². The van der Waals surface area contributed by atoms with E-state index >= 15 is 0 Å². The van der Waals surface area contributed by atoms with E-state index in [0.717, 1.165) is 26.6 Å². The number of hydrogen-bond acceptors (Lipinski definition) is 6. The molecule has 1 atom stereocenters. The first-order valence-corrected chi connectivity index (χ1v) is 11.7. The molecule has 1 aromatic carbocycles. The van der Waals surface area contributed by atoms with E-state index in [4.69, 9.17) is 9.47 Å². The average Bonchev–Trinajstić information content (AvgIpc) is 3.50. The largest absolute Gasteiger partial charge is 0.497 e. The molecule has 4 rings (SSSR count). The van der Waals surface area contributed by atoms with Gasteiger partial charge in [-0.3, -0.25) is 4.79 Å². The molecular formula is C23H25NO4S2. The Morgan fingerprint density at radius 3 is 2.63 bits per heavy atom. The van der Waals surface area contributed by atoms with E-state index in [1.807, 2.05) is 53.2 Å². The number of carbonyl (C=O) groups excluding carboxylic acids is 1. The Morgan fingerprint density at radius 1 is 1.20 bits per heavy atom. The molecule has 1 aliphatic heterocycles. The molecule has 0 radical (unpaired) electrons. The monoisotopic (exact) mass is 443 g/mol. The van der Waals surface area contributed by atoms with Crippen LogP contribution in [0.4, 0.5) is 0 Å². The summed E-state index contributed by atoms with van der Waals surface area (Å²) < 4.78 is 10.8. The summed E-state index contributed by atoms with van der Waals surface area (Å²) >= 11 is 3.09. The molecule has 0 spiro atoms. The van der Waals surface area contributed by atoms with Crippen LogP contribution in [0.5, 0.6) is 5.75 Å². The van der Waals surface area contributed by atoms with Crippen molar-refractivity contribution in [3.8, 4) is 5.75 Å². The zero-order valence-corrected chi connectivity index (χ0v) is 18.4. The Balaban J connectivity index is 1.47. The zero-order valence-electron chi connectivity index (χ0n) is 16.8. The van der Waals surface area contributed by atoms with Gasteiger partial charge in [0.15, 0.2) is 0 Å². The van der Waals surface area contributed by atoms with Crippen molar-refractivity contribution in [3.05, 3.63) is 74.1 Å². The molecule has 2 N–H and O–H groups in total. The minimum absolute atomic E-state index is 0.0179. The lowest BCUT2D eigenvalue weighted by Gasteiger charge is -2.36. The number of aliphatic hydroxyl groups is 1. The molecule has 0 aliphatic carbocycles. The van der Waals surface area contributed by atoms with Crippen molar-refractivity contribution in [3.63, 3.8) is 0 Å². The van der Waals surface area contributed by atoms with E-state index in [2.05, 4.69) is 5.32 Å². The fraction of sp³-hybridized carbons (Fsp3) is 0.348. The van der Waals surface area contributed by atoms with Crippen LogP contribution in [0.2, 0.25) is 0 Å². The summed E-state index contributed by atoms with van der Waals surface area (Å²) in [5.41, 5.74) is 1.29. The molecule has 1 saturated heterocycles. The number of rotatable bonds is 7. The zero-order chi connectivity index (χ0) is 21.0. The SMILES string of the molecule is COc1ccc(C2(C(=O)NCc3ccc(C(O)c4ccsc4)s3)CCOCC2)cc1. The molecular weight excluding hydrogens is 418 g/mol. The second kappa shape index (κ2) is 9.31. The molecule has 5 nitrogen and oxygen atoms in total. The summed E-state index contributed by atoms with van der Waals surface area (Å²) in [5, 5.41) is 17.6. The summed E-state index contributed by atoms with van der Waals surface area (Å²) in [6.45, 7) is 1.57. The molecule has 158 valence electrons. The quantitative estimate of drug-likeness (QED) is 0.572. The van der Waals surface area contributed by atoms with Gasteiger partial charge in [0.25, 0.3) is 0 Å². The van der Waals surface area contributed by atoms with Crippen molar-refractivity contribution in [1.29, 1.82) is 0 Å². The molecule has 3 heterocycles. The minimum Gasteiger partial charge on any atom is -0.497 e. The minimum atomic E-state index is -0.619. The highest BCUT2D eigenvalue weighted by Gasteiger charge is 2.41. The maximum Gasteiger partial charge on any atom is 0.231 e. The Kier molecular flexibility index (Phi) is 6.53. The van der Waals surface area contributed by atoms with Crippen molar-refractivity contribution in [2.24, 2.45) is 0 Å². The highest BCUT2D eigenvalue weighted by atomic mass is 32.1. The van der Waals surface area contributed by atoms with Crippen LogP contribution in [0.3, 0.4) is 0 Å². The fourth-order valence-corrected chi connectivity index (χ4v) is 5.49. The number of thiophene rings is 2. The summed E-state index contributed by atoms with van der Waals surface area (Å²) in [7, 11) is 1.64. The summed E-state index contributed by atoms with van der Waals surface area (Å²) in [5.74, 6) is 0.793. The molecule has 7 heteroatoms. The second-order valence-electron chi connectivity index (χ2n) is 7.37. The van der Waals surface area contributed by atoms with Crippen molar-refractivity contribution in [1.82, 2.24) is 5.32 Å². The number of benzene rings is 1. The predicted molar refractivity (Wildman–Crippen MR) is 119 cm³/mol. The van der Waals surface area contributed by atoms with Crippen LogP contribution in [0.15, 0.2) is 53.2 Å². The van der Waals surface area contributed by atoms with Crippen molar-refractivity contribution in [2.45, 2.75) is 30.9 Å². The second-order valence-corrected chi connectivity index (χ2v) is 9.35. The van der Waals surface area contributed by atoms with E-state index in [0.29, 0.717) is 32.6 Å². The molecule has 2 aromatic heterocycles. The lowest BCUT2D eigenvalue weighted by molar-refractivity contribution is -0.130. The Morgan fingerprint density at radius 2 is 1.97 bits per heavy atom. The van der Waals surface area contributed by atoms with Crippen LogP contribution in [0.25, 0.3) is 0 Å². The van der Waals surface area contributed by atoms with Crippen LogP contribution in [0, 0.1) is 0 Å². The Labute approximate surface area is 184 Å². The van der Waals surface area contributed by atoms with Gasteiger partial charge in [-0.2, -0.15) is 11.3 Å². The maximum absolute atomic E-state index is 13.3. The van der Waals surface area contributed by atoms with Crippen LogP contribution in [0.1, 0.15) is 39.8 Å². The van der Waals surface area contributed by atoms with E-state index in [1.54, 1.807) is 18.4 Å². The summed E-state index contributed by atoms with van der Waals surface area (Å²) in [6, 6.07) is 13.6. The predicted octanol–water partition coefficient (Wildman–Crippen LogP) is 4.26. The molecule has 1 unspecified atom stereocenters. The molecule has 1 aliphatic rings. The molecule has 1 fully saturated rings. The third-order valence-corrected chi connectivity index (χ3v) is 7.50. The number of methoxy groups -OCH3 is 1. The van der Waals surface area contributed by atoms with Crippen molar-refractivity contribution >= 4 is 28.6 Å². The highest BCUT2D eigenvalue weighted by molar-refractivity contribution is 7.12. The van der Waals surface area contributed by atoms with Crippen molar-refractivity contribution < 1.29 is 19.4 Å². The van der Waals surface area contributed by atoms with Crippen LogP contribution in [-0.2, 0) is 21.5 Å². The maximum atomic E-state index is 13.3. The lowest BCUT2D eigenvalue weighted by Crippen LogP contribution is -2.47. The normalized spacial score (nSPS) is 16.7. The van der Waals surface area contributed by atoms with Crippen LogP contribution in [-0.4, -0.2) is 31.3 Å². The number of hydrogen-bond donors (Lipinski definition) is 2. The number of ether oxygens (including phenoxy) is 2. The summed E-state index contributed by atoms with van der Waals surface area (Å²) in [6.07, 6.45) is 0.682. The van der Waals surface area contributed by atoms with Gasteiger partial charge in [-0.1, -0.05) is 12.1 Å². The lowest BCUT2D eigenvalue weighted by atomic mass is 9.73. The Bertz CT molecular complexity index is 960. The number of aliphatic hydroxyl groups excluding tert-OH is 1. The molecule has 1 amide bonds. The van der Waals surface area contributed by atoms with Gasteiger partial charge >= 0.3 is 0 Å². The van der Waals surface area contributed by atoms with Crippen molar-refractivity contribution in [2.75, 3.05) is 20.3 Å². The standard InChI is InChI=1S/C23H25NO4S2/c1-27-18-4-2-17(3-5-18)23(9-11-28-12-10-23)22(26)24-14-19-6-7-20(30-19)21(25)16-8-13-29-15-16/h2-8,13,15,21,25H,9-12,14H2,1H3,(H,24,26). The average molecular weight is 444 g/mol. The molecule has 0 saturated carbocycles. The smallest absolute Gasteiger partial charge is 0.231 e.